The molecule has 0 spiro atoms. The molecule has 0 aromatic heterocycles. The molecule has 2 atom stereocenters. The van der Waals surface area contributed by atoms with Crippen LogP contribution in [0.15, 0.2) is 18.2 Å². The van der Waals surface area contributed by atoms with Gasteiger partial charge in [0.15, 0.2) is 5.78 Å². The Labute approximate surface area is 107 Å². The van der Waals surface area contributed by atoms with Crippen molar-refractivity contribution in [3.8, 4) is 5.75 Å². The number of benzene rings is 1. The Hall–Kier alpha value is -1.39. The zero-order chi connectivity index (χ0) is 13.5. The zero-order valence-corrected chi connectivity index (χ0v) is 11.1. The molecule has 4 nitrogen and oxygen atoms in total. The smallest absolute Gasteiger partial charge is 0.159 e. The molecule has 1 aliphatic heterocycles. The van der Waals surface area contributed by atoms with Gasteiger partial charge in [0.2, 0.25) is 0 Å². The van der Waals surface area contributed by atoms with Crippen LogP contribution in [-0.4, -0.2) is 29.7 Å². The van der Waals surface area contributed by atoms with Crippen molar-refractivity contribution >= 4 is 5.78 Å². The van der Waals surface area contributed by atoms with E-state index in [9.17, 15) is 9.90 Å². The molecule has 1 N–H and O–H groups in total. The number of hydrogen-bond donors (Lipinski definition) is 1. The summed E-state index contributed by atoms with van der Waals surface area (Å²) in [6.07, 6.45) is -1.26. The Morgan fingerprint density at radius 1 is 1.44 bits per heavy atom. The Morgan fingerprint density at radius 3 is 2.67 bits per heavy atom. The highest BCUT2D eigenvalue weighted by molar-refractivity contribution is 5.94. The first-order valence-corrected chi connectivity index (χ1v) is 5.91. The second kappa shape index (κ2) is 4.37. The van der Waals surface area contributed by atoms with Crippen molar-refractivity contribution in [2.75, 3.05) is 7.11 Å². The number of carbonyl (C=O) groups is 1. The Morgan fingerprint density at radius 2 is 2.11 bits per heavy atom. The summed E-state index contributed by atoms with van der Waals surface area (Å²) in [6.45, 7) is 5.13. The molecule has 1 aromatic carbocycles. The predicted octanol–water partition coefficient (Wildman–Crippen LogP) is 2.11. The van der Waals surface area contributed by atoms with Crippen molar-refractivity contribution in [1.82, 2.24) is 0 Å². The molecule has 0 bridgehead atoms. The van der Waals surface area contributed by atoms with Gasteiger partial charge < -0.3 is 14.6 Å². The molecule has 0 aliphatic carbocycles. The number of fused-ring (bicyclic) bond motifs is 1. The number of aliphatic hydroxyl groups is 1. The van der Waals surface area contributed by atoms with E-state index in [1.165, 1.54) is 6.92 Å². The second-order valence-electron chi connectivity index (χ2n) is 5.12. The maximum atomic E-state index is 11.4. The quantitative estimate of drug-likeness (QED) is 0.817. The van der Waals surface area contributed by atoms with Crippen LogP contribution in [0.4, 0.5) is 0 Å². The average Bonchev–Trinajstić information content (AvgIpc) is 2.30. The Balaban J connectivity index is 2.53. The molecule has 1 aromatic rings. The van der Waals surface area contributed by atoms with E-state index in [4.69, 9.17) is 9.47 Å². The highest BCUT2D eigenvalue weighted by atomic mass is 16.5. The first-order valence-electron chi connectivity index (χ1n) is 5.91. The van der Waals surface area contributed by atoms with Gasteiger partial charge in [0.1, 0.15) is 23.6 Å². The van der Waals surface area contributed by atoms with Gasteiger partial charge >= 0.3 is 0 Å². The third-order valence-corrected chi connectivity index (χ3v) is 3.35. The van der Waals surface area contributed by atoms with Gasteiger partial charge in [-0.25, -0.2) is 0 Å². The van der Waals surface area contributed by atoms with Crippen molar-refractivity contribution in [1.29, 1.82) is 0 Å². The van der Waals surface area contributed by atoms with Gasteiger partial charge in [-0.3, -0.25) is 4.79 Å². The maximum absolute atomic E-state index is 11.4. The molecule has 0 radical (unpaired) electrons. The molecule has 0 amide bonds. The number of rotatable bonds is 2. The summed E-state index contributed by atoms with van der Waals surface area (Å²) in [5.74, 6) is 0.633. The normalized spacial score (nSPS) is 25.2. The van der Waals surface area contributed by atoms with Crippen LogP contribution in [0.5, 0.6) is 5.75 Å². The van der Waals surface area contributed by atoms with E-state index in [2.05, 4.69) is 0 Å². The molecule has 0 saturated heterocycles. The van der Waals surface area contributed by atoms with E-state index in [1.807, 2.05) is 13.8 Å². The van der Waals surface area contributed by atoms with Gasteiger partial charge in [-0.2, -0.15) is 0 Å². The molecule has 18 heavy (non-hydrogen) atoms. The fraction of sp³-hybridized carbons (Fsp3) is 0.500. The van der Waals surface area contributed by atoms with Gasteiger partial charge in [0.25, 0.3) is 0 Å². The summed E-state index contributed by atoms with van der Waals surface area (Å²) in [7, 11) is 1.54. The highest BCUT2D eigenvalue weighted by Gasteiger charge is 2.43. The summed E-state index contributed by atoms with van der Waals surface area (Å²) in [6, 6.07) is 5.21. The highest BCUT2D eigenvalue weighted by Crippen LogP contribution is 2.41. The number of Topliss-reactive ketones (excluding diaryl/α,β-unsaturated/α-hetero) is 1. The number of carbonyl (C=O) groups excluding carboxylic acids is 1. The van der Waals surface area contributed by atoms with Crippen LogP contribution in [0.2, 0.25) is 0 Å². The summed E-state index contributed by atoms with van der Waals surface area (Å²) >= 11 is 0. The van der Waals surface area contributed by atoms with Gasteiger partial charge in [-0.05, 0) is 39.0 Å². The van der Waals surface area contributed by atoms with E-state index in [-0.39, 0.29) is 5.78 Å². The van der Waals surface area contributed by atoms with Crippen LogP contribution in [0.25, 0.3) is 0 Å². The number of aliphatic hydroxyl groups excluding tert-OH is 1. The van der Waals surface area contributed by atoms with E-state index >= 15 is 0 Å². The third kappa shape index (κ3) is 2.02. The van der Waals surface area contributed by atoms with E-state index < -0.39 is 17.8 Å². The number of ketones is 1. The minimum Gasteiger partial charge on any atom is -0.485 e. The van der Waals surface area contributed by atoms with Crippen LogP contribution in [0.3, 0.4) is 0 Å². The van der Waals surface area contributed by atoms with E-state index in [0.29, 0.717) is 11.3 Å². The predicted molar refractivity (Wildman–Crippen MR) is 66.9 cm³/mol. The Kier molecular flexibility index (Phi) is 3.17. The maximum Gasteiger partial charge on any atom is 0.159 e. The first-order chi connectivity index (χ1) is 8.36. The first kappa shape index (κ1) is 13.1. The van der Waals surface area contributed by atoms with Crippen LogP contribution in [0.1, 0.15) is 42.8 Å². The van der Waals surface area contributed by atoms with Crippen LogP contribution in [0, 0.1) is 0 Å². The molecule has 1 aliphatic rings. The van der Waals surface area contributed by atoms with Crippen LogP contribution in [-0.2, 0) is 4.74 Å². The number of ether oxygens (including phenoxy) is 2. The van der Waals surface area contributed by atoms with Crippen molar-refractivity contribution in [3.63, 3.8) is 0 Å². The lowest BCUT2D eigenvalue weighted by molar-refractivity contribution is -0.124. The summed E-state index contributed by atoms with van der Waals surface area (Å²) < 4.78 is 11.1. The molecular weight excluding hydrogens is 232 g/mol. The van der Waals surface area contributed by atoms with Crippen molar-refractivity contribution in [3.05, 3.63) is 29.3 Å². The molecule has 0 fully saturated rings. The van der Waals surface area contributed by atoms with Gasteiger partial charge in [-0.15, -0.1) is 0 Å². The lowest BCUT2D eigenvalue weighted by Crippen LogP contribution is -2.49. The molecule has 0 unspecified atom stereocenters. The zero-order valence-electron chi connectivity index (χ0n) is 11.1. The average molecular weight is 250 g/mol. The molecule has 2 rings (SSSR count). The number of hydrogen-bond acceptors (Lipinski definition) is 4. The SMILES string of the molecule is CO[C@@H]1c2cc(C(C)=O)ccc2OC(C)(C)[C@H]1O. The lowest BCUT2D eigenvalue weighted by Gasteiger charge is -2.41. The molecule has 4 heteroatoms. The third-order valence-electron chi connectivity index (χ3n) is 3.35. The van der Waals surface area contributed by atoms with Crippen LogP contribution < -0.4 is 4.74 Å². The van der Waals surface area contributed by atoms with Gasteiger partial charge in [-0.1, -0.05) is 0 Å². The van der Waals surface area contributed by atoms with Crippen LogP contribution >= 0.6 is 0 Å². The van der Waals surface area contributed by atoms with Crippen molar-refractivity contribution in [2.45, 2.75) is 38.6 Å². The topological polar surface area (TPSA) is 55.8 Å². The van der Waals surface area contributed by atoms with Gasteiger partial charge in [0.05, 0.1) is 0 Å². The van der Waals surface area contributed by atoms with Crippen molar-refractivity contribution < 1.29 is 19.4 Å². The fourth-order valence-corrected chi connectivity index (χ4v) is 2.22. The minimum atomic E-state index is -0.780. The molecule has 1 heterocycles. The molecule has 0 saturated carbocycles. The fourth-order valence-electron chi connectivity index (χ4n) is 2.22. The van der Waals surface area contributed by atoms with Gasteiger partial charge in [0, 0.05) is 18.2 Å². The molecule has 98 valence electrons. The number of methoxy groups -OCH3 is 1. The molecular formula is C14H18O4. The second-order valence-corrected chi connectivity index (χ2v) is 5.12. The summed E-state index contributed by atoms with van der Waals surface area (Å²) in [5, 5.41) is 10.2. The van der Waals surface area contributed by atoms with E-state index in [1.54, 1.807) is 25.3 Å². The Bertz CT molecular complexity index is 479. The lowest BCUT2D eigenvalue weighted by atomic mass is 9.87. The largest absolute Gasteiger partial charge is 0.485 e. The summed E-state index contributed by atoms with van der Waals surface area (Å²) in [4.78, 5) is 11.4. The van der Waals surface area contributed by atoms with E-state index in [0.717, 1.165) is 5.56 Å². The monoisotopic (exact) mass is 250 g/mol. The van der Waals surface area contributed by atoms with Crippen molar-refractivity contribution in [2.24, 2.45) is 0 Å². The summed E-state index contributed by atoms with van der Waals surface area (Å²) in [5.41, 5.74) is 0.592. The standard InChI is InChI=1S/C14H18O4/c1-8(15)9-5-6-11-10(7-9)12(17-4)13(16)14(2,3)18-11/h5-7,12-13,16H,1-4H3/t12-,13+/m1/s1. The minimum absolute atomic E-state index is 0.0213.